The summed E-state index contributed by atoms with van der Waals surface area (Å²) in [5.74, 6) is -0.168. The lowest BCUT2D eigenvalue weighted by atomic mass is 10.1. The van der Waals surface area contributed by atoms with Gasteiger partial charge in [-0.25, -0.2) is 0 Å². The van der Waals surface area contributed by atoms with Crippen molar-refractivity contribution >= 4 is 45.8 Å². The molecule has 0 aliphatic rings. The van der Waals surface area contributed by atoms with Gasteiger partial charge in [-0.05, 0) is 36.4 Å². The lowest BCUT2D eigenvalue weighted by molar-refractivity contribution is 0.0993. The number of carbonyl (C=O) groups excluding carboxylic acids is 1. The van der Waals surface area contributed by atoms with Gasteiger partial charge >= 0.3 is 0 Å². The molecule has 0 bridgehead atoms. The first-order valence-corrected chi connectivity index (χ1v) is 6.86. The summed E-state index contributed by atoms with van der Waals surface area (Å²) < 4.78 is 0. The molecule has 0 atom stereocenters. The van der Waals surface area contributed by atoms with Crippen LogP contribution in [0.2, 0.25) is 10.0 Å². The number of H-pyrrole nitrogens is 1. The number of anilines is 1. The monoisotopic (exact) mass is 320 g/mol. The third kappa shape index (κ3) is 2.57. The van der Waals surface area contributed by atoms with Gasteiger partial charge in [-0.15, -0.1) is 5.10 Å². The summed E-state index contributed by atoms with van der Waals surface area (Å²) in [5, 5.41) is 11.2. The van der Waals surface area contributed by atoms with Gasteiger partial charge in [0.15, 0.2) is 0 Å². The van der Waals surface area contributed by atoms with Crippen molar-refractivity contribution in [3.05, 3.63) is 52.0 Å². The molecule has 106 valence electrons. The predicted octanol–water partition coefficient (Wildman–Crippen LogP) is 3.54. The number of aromatic amines is 1. The molecule has 3 aromatic rings. The molecule has 0 unspecified atom stereocenters. The highest BCUT2D eigenvalue weighted by molar-refractivity contribution is 6.42. The molecule has 1 aromatic heterocycles. The zero-order valence-corrected chi connectivity index (χ0v) is 12.5. The van der Waals surface area contributed by atoms with Gasteiger partial charge in [0.25, 0.3) is 5.91 Å². The maximum Gasteiger partial charge on any atom is 0.258 e. The zero-order valence-electron chi connectivity index (χ0n) is 11.0. The molecule has 0 radical (unpaired) electrons. The first-order chi connectivity index (χ1) is 10.1. The van der Waals surface area contributed by atoms with E-state index < -0.39 is 0 Å². The average molecular weight is 321 g/mol. The molecule has 0 aliphatic heterocycles. The van der Waals surface area contributed by atoms with Crippen LogP contribution in [0, 0.1) is 0 Å². The molecule has 1 amide bonds. The Morgan fingerprint density at radius 1 is 1.14 bits per heavy atom. The molecular formula is C14H10Cl2N4O. The van der Waals surface area contributed by atoms with E-state index in [4.69, 9.17) is 23.2 Å². The van der Waals surface area contributed by atoms with Crippen LogP contribution in [0.3, 0.4) is 0 Å². The molecule has 2 aromatic carbocycles. The van der Waals surface area contributed by atoms with Crippen molar-refractivity contribution in [2.45, 2.75) is 0 Å². The van der Waals surface area contributed by atoms with Gasteiger partial charge in [0.05, 0.1) is 15.6 Å². The number of amides is 1. The Hall–Kier alpha value is -2.11. The van der Waals surface area contributed by atoms with Gasteiger partial charge in [0, 0.05) is 18.3 Å². The number of hydrogen-bond acceptors (Lipinski definition) is 3. The van der Waals surface area contributed by atoms with Crippen LogP contribution >= 0.6 is 23.2 Å². The summed E-state index contributed by atoms with van der Waals surface area (Å²) in [6.07, 6.45) is 0. The first-order valence-electron chi connectivity index (χ1n) is 6.10. The van der Waals surface area contributed by atoms with Gasteiger partial charge in [-0.1, -0.05) is 28.4 Å². The fourth-order valence-electron chi connectivity index (χ4n) is 1.98. The van der Waals surface area contributed by atoms with Crippen molar-refractivity contribution in [3.63, 3.8) is 0 Å². The van der Waals surface area contributed by atoms with Crippen LogP contribution in [-0.2, 0) is 0 Å². The average Bonchev–Trinajstić information content (AvgIpc) is 2.96. The number of nitrogens with zero attached hydrogens (tertiary/aromatic N) is 3. The van der Waals surface area contributed by atoms with Gasteiger partial charge < -0.3 is 4.90 Å². The minimum atomic E-state index is -0.168. The molecule has 0 spiro atoms. The van der Waals surface area contributed by atoms with E-state index in [9.17, 15) is 4.79 Å². The van der Waals surface area contributed by atoms with E-state index >= 15 is 0 Å². The highest BCUT2D eigenvalue weighted by Crippen LogP contribution is 2.27. The Morgan fingerprint density at radius 3 is 2.71 bits per heavy atom. The van der Waals surface area contributed by atoms with Crippen LogP contribution in [0.4, 0.5) is 5.69 Å². The summed E-state index contributed by atoms with van der Waals surface area (Å²) in [7, 11) is 1.68. The Kier molecular flexibility index (Phi) is 3.53. The highest BCUT2D eigenvalue weighted by Gasteiger charge is 2.15. The topological polar surface area (TPSA) is 61.9 Å². The van der Waals surface area contributed by atoms with Gasteiger partial charge in [-0.2, -0.15) is 0 Å². The largest absolute Gasteiger partial charge is 0.311 e. The minimum absolute atomic E-state index is 0.168. The first kappa shape index (κ1) is 13.9. The third-order valence-electron chi connectivity index (χ3n) is 3.17. The lowest BCUT2D eigenvalue weighted by Gasteiger charge is -2.18. The number of nitrogens with one attached hydrogen (secondary N) is 1. The van der Waals surface area contributed by atoms with Crippen LogP contribution in [0.25, 0.3) is 11.0 Å². The highest BCUT2D eigenvalue weighted by atomic mass is 35.5. The summed E-state index contributed by atoms with van der Waals surface area (Å²) in [4.78, 5) is 14.0. The van der Waals surface area contributed by atoms with Crippen molar-refractivity contribution in [2.75, 3.05) is 11.9 Å². The smallest absolute Gasteiger partial charge is 0.258 e. The van der Waals surface area contributed by atoms with Crippen LogP contribution < -0.4 is 4.90 Å². The van der Waals surface area contributed by atoms with Crippen molar-refractivity contribution in [1.29, 1.82) is 0 Å². The Morgan fingerprint density at radius 2 is 1.95 bits per heavy atom. The van der Waals surface area contributed by atoms with Crippen molar-refractivity contribution < 1.29 is 4.79 Å². The van der Waals surface area contributed by atoms with Crippen molar-refractivity contribution in [2.24, 2.45) is 0 Å². The van der Waals surface area contributed by atoms with E-state index in [2.05, 4.69) is 15.4 Å². The summed E-state index contributed by atoms with van der Waals surface area (Å²) in [5.41, 5.74) is 2.60. The molecule has 0 fully saturated rings. The molecule has 21 heavy (non-hydrogen) atoms. The fraction of sp³-hybridized carbons (Fsp3) is 0.0714. The van der Waals surface area contributed by atoms with Crippen LogP contribution in [-0.4, -0.2) is 28.4 Å². The molecule has 3 rings (SSSR count). The van der Waals surface area contributed by atoms with E-state index in [0.29, 0.717) is 26.8 Å². The fourth-order valence-corrected chi connectivity index (χ4v) is 2.27. The number of halogens is 2. The SMILES string of the molecule is CN(C(=O)c1ccc2[nH]nnc2c1)c1ccc(Cl)c(Cl)c1. The van der Waals surface area contributed by atoms with E-state index in [1.54, 1.807) is 43.4 Å². The van der Waals surface area contributed by atoms with Crippen molar-refractivity contribution in [3.8, 4) is 0 Å². The Bertz CT molecular complexity index is 831. The van der Waals surface area contributed by atoms with Gasteiger partial charge in [0.1, 0.15) is 5.52 Å². The normalized spacial score (nSPS) is 10.8. The molecule has 5 nitrogen and oxygen atoms in total. The maximum atomic E-state index is 12.5. The molecule has 1 heterocycles. The lowest BCUT2D eigenvalue weighted by Crippen LogP contribution is -2.26. The quantitative estimate of drug-likeness (QED) is 0.785. The van der Waals surface area contributed by atoms with E-state index in [0.717, 1.165) is 5.52 Å². The number of hydrogen-bond donors (Lipinski definition) is 1. The molecule has 0 saturated carbocycles. The third-order valence-corrected chi connectivity index (χ3v) is 3.91. The summed E-state index contributed by atoms with van der Waals surface area (Å²) in [6, 6.07) is 10.2. The second-order valence-electron chi connectivity index (χ2n) is 4.51. The number of fused-ring (bicyclic) bond motifs is 1. The van der Waals surface area contributed by atoms with Gasteiger partial charge in [-0.3, -0.25) is 9.89 Å². The Labute approximate surface area is 130 Å². The minimum Gasteiger partial charge on any atom is -0.311 e. The van der Waals surface area contributed by atoms with Crippen LogP contribution in [0.1, 0.15) is 10.4 Å². The van der Waals surface area contributed by atoms with Crippen LogP contribution in [0.5, 0.6) is 0 Å². The Balaban J connectivity index is 1.94. The van der Waals surface area contributed by atoms with Crippen molar-refractivity contribution in [1.82, 2.24) is 15.4 Å². The molecule has 0 saturated heterocycles. The van der Waals surface area contributed by atoms with E-state index in [1.165, 1.54) is 4.90 Å². The summed E-state index contributed by atoms with van der Waals surface area (Å²) in [6.45, 7) is 0. The van der Waals surface area contributed by atoms with Gasteiger partial charge in [0.2, 0.25) is 0 Å². The molecule has 0 aliphatic carbocycles. The number of rotatable bonds is 2. The van der Waals surface area contributed by atoms with E-state index in [1.807, 2.05) is 0 Å². The number of benzene rings is 2. The molecule has 7 heteroatoms. The second-order valence-corrected chi connectivity index (χ2v) is 5.32. The molecule has 1 N–H and O–H groups in total. The standard InChI is InChI=1S/C14H10Cl2N4O/c1-20(9-3-4-10(15)11(16)7-9)14(21)8-2-5-12-13(6-8)18-19-17-12/h2-7H,1H3,(H,17,18,19). The summed E-state index contributed by atoms with van der Waals surface area (Å²) >= 11 is 11.9. The zero-order chi connectivity index (χ0) is 15.0. The second kappa shape index (κ2) is 5.35. The molecular weight excluding hydrogens is 311 g/mol. The van der Waals surface area contributed by atoms with Crippen LogP contribution in [0.15, 0.2) is 36.4 Å². The number of carbonyl (C=O) groups is 1. The maximum absolute atomic E-state index is 12.5. The predicted molar refractivity (Wildman–Crippen MR) is 83.1 cm³/mol. The number of aromatic nitrogens is 3. The van der Waals surface area contributed by atoms with E-state index in [-0.39, 0.29) is 5.91 Å².